The second-order valence-electron chi connectivity index (χ2n) is 12.3. The predicted octanol–water partition coefficient (Wildman–Crippen LogP) is 6.10. The van der Waals surface area contributed by atoms with Gasteiger partial charge in [0.25, 0.3) is 5.91 Å². The Bertz CT molecular complexity index is 1660. The molecule has 258 valence electrons. The largest absolute Gasteiger partial charge is 0.494 e. The van der Waals surface area contributed by atoms with Gasteiger partial charge in [-0.2, -0.15) is 0 Å². The molecule has 1 saturated heterocycles. The molecule has 1 aliphatic heterocycles. The van der Waals surface area contributed by atoms with Crippen LogP contribution in [0.5, 0.6) is 5.75 Å². The van der Waals surface area contributed by atoms with Crippen molar-refractivity contribution < 1.29 is 23.9 Å². The third kappa shape index (κ3) is 10.8. The smallest absolute Gasteiger partial charge is 0.407 e. The van der Waals surface area contributed by atoms with E-state index in [-0.39, 0.29) is 18.4 Å². The zero-order valence-corrected chi connectivity index (χ0v) is 28.3. The van der Waals surface area contributed by atoms with Gasteiger partial charge in [0.2, 0.25) is 5.91 Å². The number of alkyl carbamates (subject to hydrolysis) is 1. The van der Waals surface area contributed by atoms with E-state index in [2.05, 4.69) is 27.8 Å². The van der Waals surface area contributed by atoms with Gasteiger partial charge in [0.1, 0.15) is 18.4 Å². The van der Waals surface area contributed by atoms with Gasteiger partial charge in [0, 0.05) is 30.6 Å². The number of para-hydroxylation sites is 1. The third-order valence-electron chi connectivity index (χ3n) is 8.53. The number of amides is 3. The van der Waals surface area contributed by atoms with Crippen LogP contribution in [0.4, 0.5) is 4.79 Å². The molecule has 3 aromatic carbocycles. The van der Waals surface area contributed by atoms with Crippen molar-refractivity contribution in [1.82, 2.24) is 25.8 Å². The van der Waals surface area contributed by atoms with Crippen LogP contribution in [0.3, 0.4) is 0 Å². The highest BCUT2D eigenvalue weighted by molar-refractivity contribution is 6.08. The molecule has 1 aromatic heterocycles. The molecule has 5 rings (SSSR count). The molecule has 49 heavy (non-hydrogen) atoms. The van der Waals surface area contributed by atoms with Crippen molar-refractivity contribution in [3.8, 4) is 17.0 Å². The molecule has 1 unspecified atom stereocenters. The number of ether oxygens (including phenoxy) is 2. The molecular weight excluding hydrogens is 618 g/mol. The summed E-state index contributed by atoms with van der Waals surface area (Å²) < 4.78 is 11.0. The number of hydrogen-bond acceptors (Lipinski definition) is 7. The summed E-state index contributed by atoms with van der Waals surface area (Å²) in [6, 6.07) is 25.6. The van der Waals surface area contributed by atoms with Crippen LogP contribution in [0.2, 0.25) is 0 Å². The average molecular weight is 666 g/mol. The summed E-state index contributed by atoms with van der Waals surface area (Å²) in [7, 11) is 0. The van der Waals surface area contributed by atoms with Crippen molar-refractivity contribution in [2.45, 2.75) is 58.1 Å². The van der Waals surface area contributed by atoms with E-state index in [0.29, 0.717) is 54.7 Å². The number of benzene rings is 3. The molecule has 2 heterocycles. The maximum absolute atomic E-state index is 14.0. The number of rotatable bonds is 16. The van der Waals surface area contributed by atoms with Gasteiger partial charge in [0.15, 0.2) is 0 Å². The first-order chi connectivity index (χ1) is 24.0. The minimum absolute atomic E-state index is 0.170. The number of hydrogen-bond donors (Lipinski definition) is 3. The Morgan fingerprint density at radius 3 is 2.41 bits per heavy atom. The Balaban J connectivity index is 1.26. The molecule has 0 spiro atoms. The first-order valence-corrected chi connectivity index (χ1v) is 17.4. The molecular formula is C39H47N5O5. The molecule has 3 N–H and O–H groups in total. The Morgan fingerprint density at radius 1 is 0.878 bits per heavy atom. The number of fused-ring (bicyclic) bond motifs is 1. The molecule has 1 aliphatic rings. The van der Waals surface area contributed by atoms with Crippen LogP contribution in [0.25, 0.3) is 22.2 Å². The average Bonchev–Trinajstić information content (AvgIpc) is 3.14. The minimum Gasteiger partial charge on any atom is -0.494 e. The molecule has 10 heteroatoms. The molecule has 0 saturated carbocycles. The quantitative estimate of drug-likeness (QED) is 0.124. The molecule has 0 aliphatic carbocycles. The normalized spacial score (nSPS) is 13.7. The molecule has 10 nitrogen and oxygen atoms in total. The Kier molecular flexibility index (Phi) is 13.4. The summed E-state index contributed by atoms with van der Waals surface area (Å²) in [6.45, 7) is 6.49. The van der Waals surface area contributed by atoms with Gasteiger partial charge in [-0.15, -0.1) is 0 Å². The number of pyridine rings is 1. The molecule has 0 bridgehead atoms. The van der Waals surface area contributed by atoms with E-state index < -0.39 is 12.1 Å². The lowest BCUT2D eigenvalue weighted by atomic mass is 10.0. The summed E-state index contributed by atoms with van der Waals surface area (Å²) in [6.07, 6.45) is 4.76. The number of likely N-dealkylation sites (tertiary alicyclic amines) is 1. The van der Waals surface area contributed by atoms with E-state index >= 15 is 0 Å². The van der Waals surface area contributed by atoms with Crippen LogP contribution in [0.1, 0.15) is 61.4 Å². The van der Waals surface area contributed by atoms with E-state index in [0.717, 1.165) is 42.9 Å². The number of nitrogens with one attached hydrogen (secondary N) is 3. The van der Waals surface area contributed by atoms with E-state index in [9.17, 15) is 14.4 Å². The lowest BCUT2D eigenvalue weighted by Gasteiger charge is -2.27. The first kappa shape index (κ1) is 35.3. The Labute approximate surface area is 288 Å². The maximum atomic E-state index is 14.0. The zero-order valence-electron chi connectivity index (χ0n) is 28.3. The number of piperidine rings is 1. The number of carbonyl (C=O) groups is 3. The van der Waals surface area contributed by atoms with Crippen LogP contribution in [-0.4, -0.2) is 73.2 Å². The molecule has 1 fully saturated rings. The van der Waals surface area contributed by atoms with Crippen molar-refractivity contribution in [3.05, 3.63) is 96.1 Å². The molecule has 1 atom stereocenters. The van der Waals surface area contributed by atoms with Gasteiger partial charge < -0.3 is 30.3 Å². The van der Waals surface area contributed by atoms with E-state index in [4.69, 9.17) is 14.5 Å². The molecule has 3 amide bonds. The highest BCUT2D eigenvalue weighted by Gasteiger charge is 2.23. The maximum Gasteiger partial charge on any atom is 0.407 e. The van der Waals surface area contributed by atoms with E-state index in [1.165, 1.54) is 19.3 Å². The standard InChI is InChI=1S/C39H47N5O5/c1-2-26-48-31-19-17-30(18-20-31)36-27-33(32-14-7-8-15-34(32)42-36)37(45)43-35(38(46)40-22-25-44-23-9-4-10-24-44)16-11-21-41-39(47)49-28-29-12-5-3-6-13-29/h3,5-8,12-15,17-20,27,35H,2,4,9-11,16,21-26,28H2,1H3,(H,40,46)(H,41,47)(H,43,45). The topological polar surface area (TPSA) is 122 Å². The summed E-state index contributed by atoms with van der Waals surface area (Å²) >= 11 is 0. The van der Waals surface area contributed by atoms with Crippen LogP contribution in [-0.2, 0) is 16.1 Å². The van der Waals surface area contributed by atoms with Crippen molar-refractivity contribution in [2.75, 3.05) is 39.3 Å². The summed E-state index contributed by atoms with van der Waals surface area (Å²) in [5.41, 5.74) is 3.50. The van der Waals surface area contributed by atoms with Crippen LogP contribution < -0.4 is 20.7 Å². The number of carbonyl (C=O) groups excluding carboxylic acids is 3. The zero-order chi connectivity index (χ0) is 34.3. The van der Waals surface area contributed by atoms with Gasteiger partial charge in [-0.3, -0.25) is 9.59 Å². The van der Waals surface area contributed by atoms with E-state index in [1.807, 2.05) is 78.9 Å². The summed E-state index contributed by atoms with van der Waals surface area (Å²) in [5, 5.41) is 9.49. The number of aromatic nitrogens is 1. The summed E-state index contributed by atoms with van der Waals surface area (Å²) in [4.78, 5) is 47.0. The highest BCUT2D eigenvalue weighted by atomic mass is 16.5. The van der Waals surface area contributed by atoms with Crippen molar-refractivity contribution in [1.29, 1.82) is 0 Å². The van der Waals surface area contributed by atoms with E-state index in [1.54, 1.807) is 6.07 Å². The van der Waals surface area contributed by atoms with Gasteiger partial charge in [-0.05, 0) is 87.2 Å². The SMILES string of the molecule is CCCOc1ccc(-c2cc(C(=O)NC(CCCNC(=O)OCc3ccccc3)C(=O)NCCN3CCCCC3)c3ccccc3n2)cc1. The summed E-state index contributed by atoms with van der Waals surface area (Å²) in [5.74, 6) is 0.157. The monoisotopic (exact) mass is 665 g/mol. The van der Waals surface area contributed by atoms with Gasteiger partial charge >= 0.3 is 6.09 Å². The highest BCUT2D eigenvalue weighted by Crippen LogP contribution is 2.27. The fourth-order valence-corrected chi connectivity index (χ4v) is 5.87. The third-order valence-corrected chi connectivity index (χ3v) is 8.53. The van der Waals surface area contributed by atoms with Gasteiger partial charge in [-0.25, -0.2) is 9.78 Å². The lowest BCUT2D eigenvalue weighted by Crippen LogP contribution is -2.48. The van der Waals surface area contributed by atoms with Crippen LogP contribution in [0, 0.1) is 0 Å². The fraction of sp³-hybridized carbons (Fsp3) is 0.385. The minimum atomic E-state index is -0.804. The van der Waals surface area contributed by atoms with Gasteiger partial charge in [0.05, 0.1) is 23.4 Å². The molecule has 4 aromatic rings. The van der Waals surface area contributed by atoms with Crippen LogP contribution in [0.15, 0.2) is 84.9 Å². The second kappa shape index (κ2) is 18.5. The van der Waals surface area contributed by atoms with Crippen molar-refractivity contribution >= 4 is 28.8 Å². The van der Waals surface area contributed by atoms with Crippen molar-refractivity contribution in [2.24, 2.45) is 0 Å². The Hall–Kier alpha value is -4.96. The fourth-order valence-electron chi connectivity index (χ4n) is 5.87. The van der Waals surface area contributed by atoms with Crippen molar-refractivity contribution in [3.63, 3.8) is 0 Å². The molecule has 0 radical (unpaired) electrons. The first-order valence-electron chi connectivity index (χ1n) is 17.4. The lowest BCUT2D eigenvalue weighted by molar-refractivity contribution is -0.123. The van der Waals surface area contributed by atoms with Gasteiger partial charge in [-0.1, -0.05) is 61.9 Å². The number of nitrogens with zero attached hydrogens (tertiary/aromatic N) is 2. The van der Waals surface area contributed by atoms with Crippen LogP contribution >= 0.6 is 0 Å². The second-order valence-corrected chi connectivity index (χ2v) is 12.3. The Morgan fingerprint density at radius 2 is 1.63 bits per heavy atom. The predicted molar refractivity (Wildman–Crippen MR) is 191 cm³/mol.